The Morgan fingerprint density at radius 1 is 1.39 bits per heavy atom. The van der Waals surface area contributed by atoms with Crippen molar-refractivity contribution in [3.8, 4) is 0 Å². The summed E-state index contributed by atoms with van der Waals surface area (Å²) in [6.45, 7) is 0.396. The van der Waals surface area contributed by atoms with Crippen LogP contribution in [0.25, 0.3) is 0 Å². The van der Waals surface area contributed by atoms with E-state index in [1.54, 1.807) is 36.3 Å². The first-order chi connectivity index (χ1) is 8.58. The Labute approximate surface area is 121 Å². The maximum atomic E-state index is 12.2. The van der Waals surface area contributed by atoms with Crippen LogP contribution in [0.2, 0.25) is 0 Å². The Morgan fingerprint density at radius 2 is 2.17 bits per heavy atom. The number of pyridine rings is 1. The van der Waals surface area contributed by atoms with Gasteiger partial charge in [0.1, 0.15) is 11.5 Å². The fraction of sp³-hybridized carbons (Fsp3) is 0.167. The molecule has 0 saturated heterocycles. The van der Waals surface area contributed by atoms with Crippen molar-refractivity contribution in [2.75, 3.05) is 7.05 Å². The SMILES string of the molecule is CN(Cc1ccc(Br)o1)C(=O)c1ncccc1Br. The first-order valence-corrected chi connectivity index (χ1v) is 6.76. The van der Waals surface area contributed by atoms with E-state index in [9.17, 15) is 4.79 Å². The minimum Gasteiger partial charge on any atom is -0.452 e. The topological polar surface area (TPSA) is 46.3 Å². The first kappa shape index (κ1) is 13.3. The van der Waals surface area contributed by atoms with Gasteiger partial charge in [-0.05, 0) is 56.1 Å². The van der Waals surface area contributed by atoms with Crippen molar-refractivity contribution in [1.82, 2.24) is 9.88 Å². The summed E-state index contributed by atoms with van der Waals surface area (Å²) in [7, 11) is 1.71. The normalized spacial score (nSPS) is 10.4. The Kier molecular flexibility index (Phi) is 4.19. The summed E-state index contributed by atoms with van der Waals surface area (Å²) in [5.74, 6) is 0.555. The molecular formula is C12H10Br2N2O2. The molecule has 0 radical (unpaired) electrons. The van der Waals surface area contributed by atoms with Crippen molar-refractivity contribution in [2.45, 2.75) is 6.54 Å². The number of amides is 1. The summed E-state index contributed by atoms with van der Waals surface area (Å²) < 4.78 is 6.69. The summed E-state index contributed by atoms with van der Waals surface area (Å²) in [6, 6.07) is 7.17. The molecular weight excluding hydrogens is 364 g/mol. The fourth-order valence-corrected chi connectivity index (χ4v) is 2.23. The van der Waals surface area contributed by atoms with E-state index in [2.05, 4.69) is 36.8 Å². The van der Waals surface area contributed by atoms with Crippen LogP contribution in [0.15, 0.2) is 44.0 Å². The predicted molar refractivity (Wildman–Crippen MR) is 74.1 cm³/mol. The molecule has 2 aromatic heterocycles. The van der Waals surface area contributed by atoms with Crippen LogP contribution >= 0.6 is 31.9 Å². The van der Waals surface area contributed by atoms with Crippen LogP contribution in [-0.4, -0.2) is 22.8 Å². The van der Waals surface area contributed by atoms with Crippen molar-refractivity contribution in [3.05, 3.63) is 51.1 Å². The second-order valence-corrected chi connectivity index (χ2v) is 5.34. The van der Waals surface area contributed by atoms with E-state index in [4.69, 9.17) is 4.42 Å². The molecule has 0 aliphatic heterocycles. The molecule has 0 bridgehead atoms. The highest BCUT2D eigenvalue weighted by molar-refractivity contribution is 9.10. The minimum atomic E-state index is -0.157. The molecule has 0 saturated carbocycles. The third kappa shape index (κ3) is 3.00. The molecule has 4 nitrogen and oxygen atoms in total. The average molecular weight is 374 g/mol. The zero-order chi connectivity index (χ0) is 13.1. The molecule has 94 valence electrons. The van der Waals surface area contributed by atoms with Gasteiger partial charge in [-0.2, -0.15) is 0 Å². The second kappa shape index (κ2) is 5.67. The van der Waals surface area contributed by atoms with Gasteiger partial charge in [0.2, 0.25) is 0 Å². The van der Waals surface area contributed by atoms with Gasteiger partial charge in [-0.1, -0.05) is 0 Å². The van der Waals surface area contributed by atoms with E-state index in [1.807, 2.05) is 6.07 Å². The number of nitrogens with zero attached hydrogens (tertiary/aromatic N) is 2. The molecule has 0 unspecified atom stereocenters. The van der Waals surface area contributed by atoms with Gasteiger partial charge in [-0.25, -0.2) is 4.98 Å². The molecule has 1 amide bonds. The Balaban J connectivity index is 2.12. The van der Waals surface area contributed by atoms with E-state index in [1.165, 1.54) is 0 Å². The van der Waals surface area contributed by atoms with Crippen LogP contribution in [0.5, 0.6) is 0 Å². The zero-order valence-corrected chi connectivity index (χ0v) is 12.7. The summed E-state index contributed by atoms with van der Waals surface area (Å²) in [5, 5.41) is 0. The molecule has 0 aliphatic carbocycles. The molecule has 0 spiro atoms. The quantitative estimate of drug-likeness (QED) is 0.827. The molecule has 2 aromatic rings. The van der Waals surface area contributed by atoms with Crippen molar-refractivity contribution >= 4 is 37.8 Å². The monoisotopic (exact) mass is 372 g/mol. The molecule has 0 atom stereocenters. The Morgan fingerprint density at radius 3 is 2.78 bits per heavy atom. The number of rotatable bonds is 3. The highest BCUT2D eigenvalue weighted by Crippen LogP contribution is 2.18. The van der Waals surface area contributed by atoms with Crippen molar-refractivity contribution in [3.63, 3.8) is 0 Å². The maximum Gasteiger partial charge on any atom is 0.273 e. The third-order valence-electron chi connectivity index (χ3n) is 2.33. The van der Waals surface area contributed by atoms with Gasteiger partial charge in [-0.3, -0.25) is 4.79 Å². The van der Waals surface area contributed by atoms with Gasteiger partial charge < -0.3 is 9.32 Å². The first-order valence-electron chi connectivity index (χ1n) is 5.18. The van der Waals surface area contributed by atoms with Crippen LogP contribution in [0.4, 0.5) is 0 Å². The highest BCUT2D eigenvalue weighted by atomic mass is 79.9. The average Bonchev–Trinajstić information content (AvgIpc) is 2.74. The molecule has 6 heteroatoms. The molecule has 18 heavy (non-hydrogen) atoms. The minimum absolute atomic E-state index is 0.157. The number of aromatic nitrogens is 1. The second-order valence-electron chi connectivity index (χ2n) is 3.70. The van der Waals surface area contributed by atoms with E-state index in [0.29, 0.717) is 27.1 Å². The van der Waals surface area contributed by atoms with E-state index >= 15 is 0 Å². The summed E-state index contributed by atoms with van der Waals surface area (Å²) in [5.41, 5.74) is 0.394. The lowest BCUT2D eigenvalue weighted by molar-refractivity contribution is 0.0768. The van der Waals surface area contributed by atoms with Crippen molar-refractivity contribution in [1.29, 1.82) is 0 Å². The maximum absolute atomic E-state index is 12.2. The number of carbonyl (C=O) groups is 1. The van der Waals surface area contributed by atoms with Gasteiger partial charge in [0.15, 0.2) is 4.67 Å². The Bertz CT molecular complexity index is 569. The Hall–Kier alpha value is -1.14. The predicted octanol–water partition coefficient (Wildman–Crippen LogP) is 3.47. The molecule has 2 rings (SSSR count). The summed E-state index contributed by atoms with van der Waals surface area (Å²) >= 11 is 6.54. The third-order valence-corrected chi connectivity index (χ3v) is 3.40. The van der Waals surface area contributed by atoms with Gasteiger partial charge in [-0.15, -0.1) is 0 Å². The molecule has 0 fully saturated rings. The fourth-order valence-electron chi connectivity index (χ4n) is 1.47. The van der Waals surface area contributed by atoms with Crippen LogP contribution in [0, 0.1) is 0 Å². The van der Waals surface area contributed by atoms with Crippen LogP contribution in [0.1, 0.15) is 16.2 Å². The molecule has 0 N–H and O–H groups in total. The van der Waals surface area contributed by atoms with E-state index in [0.717, 1.165) is 0 Å². The largest absolute Gasteiger partial charge is 0.452 e. The lowest BCUT2D eigenvalue weighted by Crippen LogP contribution is -2.27. The summed E-state index contributed by atoms with van der Waals surface area (Å²) in [4.78, 5) is 17.8. The van der Waals surface area contributed by atoms with E-state index < -0.39 is 0 Å². The number of hydrogen-bond acceptors (Lipinski definition) is 3. The number of halogens is 2. The van der Waals surface area contributed by atoms with Crippen LogP contribution in [0.3, 0.4) is 0 Å². The van der Waals surface area contributed by atoms with Crippen molar-refractivity contribution in [2.24, 2.45) is 0 Å². The standard InChI is InChI=1S/C12H10Br2N2O2/c1-16(7-8-4-5-10(14)18-8)12(17)11-9(13)3-2-6-15-11/h2-6H,7H2,1H3. The zero-order valence-electron chi connectivity index (χ0n) is 9.56. The van der Waals surface area contributed by atoms with Gasteiger partial charge in [0.05, 0.1) is 6.54 Å². The highest BCUT2D eigenvalue weighted by Gasteiger charge is 2.17. The van der Waals surface area contributed by atoms with Gasteiger partial charge >= 0.3 is 0 Å². The number of furan rings is 1. The van der Waals surface area contributed by atoms with Crippen molar-refractivity contribution < 1.29 is 9.21 Å². The van der Waals surface area contributed by atoms with Crippen LogP contribution < -0.4 is 0 Å². The molecule has 0 aromatic carbocycles. The van der Waals surface area contributed by atoms with E-state index in [-0.39, 0.29) is 5.91 Å². The smallest absolute Gasteiger partial charge is 0.273 e. The number of hydrogen-bond donors (Lipinski definition) is 0. The molecule has 0 aliphatic rings. The molecule has 2 heterocycles. The summed E-state index contributed by atoms with van der Waals surface area (Å²) in [6.07, 6.45) is 1.59. The van der Waals surface area contributed by atoms with Gasteiger partial charge in [0, 0.05) is 17.7 Å². The van der Waals surface area contributed by atoms with Crippen LogP contribution in [-0.2, 0) is 6.54 Å². The lowest BCUT2D eigenvalue weighted by atomic mass is 10.3. The number of carbonyl (C=O) groups excluding carboxylic acids is 1. The van der Waals surface area contributed by atoms with Gasteiger partial charge in [0.25, 0.3) is 5.91 Å². The lowest BCUT2D eigenvalue weighted by Gasteiger charge is -2.15.